The largest absolute Gasteiger partial charge is 0.312 e. The van der Waals surface area contributed by atoms with E-state index in [-0.39, 0.29) is 0 Å². The first-order valence-electron chi connectivity index (χ1n) is 4.24. The summed E-state index contributed by atoms with van der Waals surface area (Å²) < 4.78 is 0. The Morgan fingerprint density at radius 2 is 2.50 bits per heavy atom. The minimum Gasteiger partial charge on any atom is -0.312 e. The summed E-state index contributed by atoms with van der Waals surface area (Å²) in [5.74, 6) is 1.24. The lowest BCUT2D eigenvalue weighted by atomic mass is 10.3. The van der Waals surface area contributed by atoms with Crippen molar-refractivity contribution in [1.29, 1.82) is 0 Å². The van der Waals surface area contributed by atoms with E-state index in [0.29, 0.717) is 11.3 Å². The minimum absolute atomic E-state index is 0.686. The summed E-state index contributed by atoms with van der Waals surface area (Å²) in [6, 6.07) is 5.06. The van der Waals surface area contributed by atoms with Gasteiger partial charge in [0.2, 0.25) is 0 Å². The highest BCUT2D eigenvalue weighted by Crippen LogP contribution is 2.33. The quantitative estimate of drug-likeness (QED) is 0.746. The van der Waals surface area contributed by atoms with Gasteiger partial charge in [-0.1, -0.05) is 6.07 Å². The van der Waals surface area contributed by atoms with Crippen molar-refractivity contribution in [3.05, 3.63) is 22.4 Å². The van der Waals surface area contributed by atoms with Crippen LogP contribution in [-0.2, 0) is 0 Å². The van der Waals surface area contributed by atoms with Crippen LogP contribution in [0.1, 0.15) is 17.1 Å². The first-order chi connectivity index (χ1) is 5.86. The second kappa shape index (κ2) is 3.81. The van der Waals surface area contributed by atoms with Crippen LogP contribution < -0.4 is 5.32 Å². The van der Waals surface area contributed by atoms with E-state index >= 15 is 0 Å². The van der Waals surface area contributed by atoms with Crippen LogP contribution in [0.2, 0.25) is 0 Å². The number of rotatable bonds is 1. The molecule has 0 saturated carbocycles. The molecule has 1 aliphatic rings. The fourth-order valence-corrected chi connectivity index (χ4v) is 3.52. The fourth-order valence-electron chi connectivity index (χ4n) is 1.34. The van der Waals surface area contributed by atoms with Crippen molar-refractivity contribution in [3.8, 4) is 0 Å². The first-order valence-corrected chi connectivity index (χ1v) is 6.17. The van der Waals surface area contributed by atoms with Crippen LogP contribution in [0.4, 0.5) is 0 Å². The molecule has 0 aromatic carbocycles. The van der Waals surface area contributed by atoms with Gasteiger partial charge in [0.05, 0.1) is 5.25 Å². The molecule has 1 aliphatic heterocycles. The van der Waals surface area contributed by atoms with Gasteiger partial charge in [-0.3, -0.25) is 0 Å². The number of hydrogen-bond donors (Lipinski definition) is 1. The third-order valence-corrected chi connectivity index (χ3v) is 4.71. The van der Waals surface area contributed by atoms with Crippen molar-refractivity contribution in [1.82, 2.24) is 5.32 Å². The van der Waals surface area contributed by atoms with Crippen molar-refractivity contribution in [2.24, 2.45) is 0 Å². The first kappa shape index (κ1) is 8.60. The van der Waals surface area contributed by atoms with E-state index in [2.05, 4.69) is 41.5 Å². The van der Waals surface area contributed by atoms with E-state index in [1.54, 1.807) is 0 Å². The summed E-state index contributed by atoms with van der Waals surface area (Å²) >= 11 is 3.95. The van der Waals surface area contributed by atoms with Crippen molar-refractivity contribution in [2.75, 3.05) is 12.3 Å². The van der Waals surface area contributed by atoms with Crippen LogP contribution in [-0.4, -0.2) is 18.3 Å². The highest BCUT2D eigenvalue weighted by Gasteiger charge is 2.19. The number of thiophene rings is 1. The summed E-state index contributed by atoms with van der Waals surface area (Å²) in [6.07, 6.45) is 0. The van der Waals surface area contributed by atoms with Gasteiger partial charge in [0.1, 0.15) is 0 Å². The molecule has 0 amide bonds. The zero-order chi connectivity index (χ0) is 8.39. The Labute approximate surface area is 81.6 Å². The molecule has 1 fully saturated rings. The lowest BCUT2D eigenvalue weighted by Crippen LogP contribution is -2.36. The minimum atomic E-state index is 0.686. The zero-order valence-corrected chi connectivity index (χ0v) is 8.75. The second-order valence-corrected chi connectivity index (χ2v) is 5.36. The molecule has 1 aromatic heterocycles. The Hall–Kier alpha value is 0.01000. The molecule has 3 heteroatoms. The molecule has 66 valence electrons. The van der Waals surface area contributed by atoms with E-state index in [0.717, 1.165) is 6.54 Å². The third-order valence-electron chi connectivity index (χ3n) is 2.06. The maximum Gasteiger partial charge on any atom is 0.0516 e. The van der Waals surface area contributed by atoms with Gasteiger partial charge in [-0.2, -0.15) is 0 Å². The topological polar surface area (TPSA) is 12.0 Å². The molecule has 2 atom stereocenters. The summed E-state index contributed by atoms with van der Waals surface area (Å²) in [7, 11) is 0. The van der Waals surface area contributed by atoms with Crippen molar-refractivity contribution in [3.63, 3.8) is 0 Å². The summed E-state index contributed by atoms with van der Waals surface area (Å²) in [4.78, 5) is 1.51. The zero-order valence-electron chi connectivity index (χ0n) is 7.12. The molecule has 0 aliphatic carbocycles. The molecule has 1 nitrogen and oxygen atoms in total. The van der Waals surface area contributed by atoms with Crippen LogP contribution in [0, 0.1) is 0 Å². The van der Waals surface area contributed by atoms with Gasteiger partial charge in [0.15, 0.2) is 0 Å². The average molecular weight is 199 g/mol. The van der Waals surface area contributed by atoms with Crippen molar-refractivity contribution < 1.29 is 0 Å². The van der Waals surface area contributed by atoms with Crippen LogP contribution >= 0.6 is 23.1 Å². The molecule has 0 radical (unpaired) electrons. The molecule has 1 unspecified atom stereocenters. The van der Waals surface area contributed by atoms with Gasteiger partial charge in [-0.15, -0.1) is 23.1 Å². The predicted molar refractivity (Wildman–Crippen MR) is 57.0 cm³/mol. The molecule has 1 N–H and O–H groups in total. The summed E-state index contributed by atoms with van der Waals surface area (Å²) in [5.41, 5.74) is 0. The maximum absolute atomic E-state index is 3.51. The summed E-state index contributed by atoms with van der Waals surface area (Å²) in [6.45, 7) is 3.38. The van der Waals surface area contributed by atoms with Crippen LogP contribution in [0.3, 0.4) is 0 Å². The highest BCUT2D eigenvalue weighted by atomic mass is 32.2. The van der Waals surface area contributed by atoms with Crippen LogP contribution in [0.15, 0.2) is 17.5 Å². The Kier molecular flexibility index (Phi) is 2.73. The Bertz CT molecular complexity index is 225. The molecule has 2 heterocycles. The van der Waals surface area contributed by atoms with Gasteiger partial charge in [0.25, 0.3) is 0 Å². The molecule has 1 saturated heterocycles. The van der Waals surface area contributed by atoms with E-state index in [4.69, 9.17) is 0 Å². The molecular weight excluding hydrogens is 186 g/mol. The normalized spacial score (nSPS) is 30.4. The molecule has 1 aromatic rings. The van der Waals surface area contributed by atoms with Crippen LogP contribution in [0.5, 0.6) is 0 Å². The van der Waals surface area contributed by atoms with Gasteiger partial charge in [-0.05, 0) is 18.4 Å². The lowest BCUT2D eigenvalue weighted by Gasteiger charge is -2.26. The molecule has 0 spiro atoms. The van der Waals surface area contributed by atoms with Gasteiger partial charge >= 0.3 is 0 Å². The van der Waals surface area contributed by atoms with Crippen molar-refractivity contribution in [2.45, 2.75) is 18.2 Å². The number of thioether (sulfide) groups is 1. The standard InChI is InChI=1S/C9H13NS2/c1-7-6-12-9(5-10-7)8-3-2-4-11-8/h2-4,7,9-10H,5-6H2,1H3/t7-,9?/m1/s1. The number of nitrogens with one attached hydrogen (secondary N) is 1. The van der Waals surface area contributed by atoms with E-state index in [1.807, 2.05) is 11.3 Å². The van der Waals surface area contributed by atoms with Crippen LogP contribution in [0.25, 0.3) is 0 Å². The highest BCUT2D eigenvalue weighted by molar-refractivity contribution is 7.99. The lowest BCUT2D eigenvalue weighted by molar-refractivity contribution is 0.575. The predicted octanol–water partition coefficient (Wildman–Crippen LogP) is 2.51. The van der Waals surface area contributed by atoms with E-state index in [1.165, 1.54) is 10.6 Å². The molecular formula is C9H13NS2. The Morgan fingerprint density at radius 3 is 3.08 bits per heavy atom. The number of hydrogen-bond acceptors (Lipinski definition) is 3. The monoisotopic (exact) mass is 199 g/mol. The maximum atomic E-state index is 3.51. The van der Waals surface area contributed by atoms with E-state index < -0.39 is 0 Å². The molecule has 0 bridgehead atoms. The molecule has 12 heavy (non-hydrogen) atoms. The third kappa shape index (κ3) is 1.84. The van der Waals surface area contributed by atoms with E-state index in [9.17, 15) is 0 Å². The summed E-state index contributed by atoms with van der Waals surface area (Å²) in [5, 5.41) is 6.36. The SMILES string of the molecule is C[C@@H]1CSC(c2cccs2)CN1. The smallest absolute Gasteiger partial charge is 0.0516 e. The van der Waals surface area contributed by atoms with Gasteiger partial charge < -0.3 is 5.32 Å². The second-order valence-electron chi connectivity index (χ2n) is 3.15. The van der Waals surface area contributed by atoms with Crippen molar-refractivity contribution >= 4 is 23.1 Å². The average Bonchev–Trinajstić information content (AvgIpc) is 2.58. The van der Waals surface area contributed by atoms with Gasteiger partial charge in [-0.25, -0.2) is 0 Å². The fraction of sp³-hybridized carbons (Fsp3) is 0.556. The Morgan fingerprint density at radius 1 is 1.58 bits per heavy atom. The molecule has 2 rings (SSSR count). The van der Waals surface area contributed by atoms with Gasteiger partial charge in [0, 0.05) is 23.2 Å². The Balaban J connectivity index is 1.99.